The fourth-order valence-corrected chi connectivity index (χ4v) is 5.71. The highest BCUT2D eigenvalue weighted by Gasteiger charge is 2.37. The minimum Gasteiger partial charge on any atom is -0.379 e. The quantitative estimate of drug-likeness (QED) is 0.771. The first kappa shape index (κ1) is 18.5. The Kier molecular flexibility index (Phi) is 5.61. The van der Waals surface area contributed by atoms with Crippen LogP contribution in [0.15, 0.2) is 23.8 Å². The maximum absolute atomic E-state index is 5.42. The van der Waals surface area contributed by atoms with Crippen LogP contribution < -0.4 is 4.99 Å². The summed E-state index contributed by atoms with van der Waals surface area (Å²) in [7, 11) is 0. The molecule has 5 rings (SSSR count). The van der Waals surface area contributed by atoms with E-state index in [1.165, 1.54) is 60.2 Å². The van der Waals surface area contributed by atoms with E-state index < -0.39 is 0 Å². The predicted molar refractivity (Wildman–Crippen MR) is 114 cm³/mol. The second-order valence-electron chi connectivity index (χ2n) is 8.35. The molecule has 0 bridgehead atoms. The molecular weight excluding hydrogens is 368 g/mol. The van der Waals surface area contributed by atoms with E-state index in [1.54, 1.807) is 0 Å². The number of morpholine rings is 1. The summed E-state index contributed by atoms with van der Waals surface area (Å²) in [5, 5.41) is 6.91. The molecule has 6 heteroatoms. The largest absolute Gasteiger partial charge is 0.379 e. The zero-order valence-corrected chi connectivity index (χ0v) is 17.4. The summed E-state index contributed by atoms with van der Waals surface area (Å²) in [5.74, 6) is 0.785. The van der Waals surface area contributed by atoms with Gasteiger partial charge in [-0.2, -0.15) is 5.10 Å². The summed E-state index contributed by atoms with van der Waals surface area (Å²) in [5.41, 5.74) is 4.14. The fraction of sp³-hybridized carbons (Fsp3) is 0.636. The lowest BCUT2D eigenvalue weighted by Gasteiger charge is -2.26. The Labute approximate surface area is 171 Å². The van der Waals surface area contributed by atoms with Crippen molar-refractivity contribution in [2.24, 2.45) is 5.92 Å². The average molecular weight is 399 g/mol. The van der Waals surface area contributed by atoms with Crippen molar-refractivity contribution in [2.45, 2.75) is 51.1 Å². The van der Waals surface area contributed by atoms with Gasteiger partial charge in [0.2, 0.25) is 11.8 Å². The van der Waals surface area contributed by atoms with E-state index in [-0.39, 0.29) is 0 Å². The molecule has 149 valence electrons. The van der Waals surface area contributed by atoms with Crippen LogP contribution in [0.1, 0.15) is 50.1 Å². The van der Waals surface area contributed by atoms with Gasteiger partial charge in [0.15, 0.2) is 0 Å². The van der Waals surface area contributed by atoms with Crippen molar-refractivity contribution in [1.82, 2.24) is 19.7 Å². The van der Waals surface area contributed by atoms with Crippen molar-refractivity contribution in [3.05, 3.63) is 29.4 Å². The van der Waals surface area contributed by atoms with E-state index in [4.69, 9.17) is 9.73 Å². The number of fused-ring (bicyclic) bond motifs is 1. The standard InChI is InChI=1S/C22H30N4OS/c1-2-4-20-17(3-1)5-6-21(24-20)18-13-22(28-16-18)19-14-23-26(15-19)8-7-25-9-11-27-12-10-25/h13-17,21H,1-12H2/q+1. The minimum absolute atomic E-state index is 0.380. The molecule has 0 N–H and O–H groups in total. The second kappa shape index (κ2) is 8.47. The summed E-state index contributed by atoms with van der Waals surface area (Å²) >= 11 is 1.84. The SMILES string of the molecule is c1nn(CCN2CCOCC2)cc1-c1cc(C2CCC3CCCCC3=[N+]2)cs1. The van der Waals surface area contributed by atoms with Gasteiger partial charge in [0.05, 0.1) is 26.0 Å². The maximum Gasteiger partial charge on any atom is 0.245 e. The summed E-state index contributed by atoms with van der Waals surface area (Å²) in [4.78, 5) is 8.93. The molecule has 2 aromatic heterocycles. The molecule has 2 unspecified atom stereocenters. The third-order valence-corrected chi connectivity index (χ3v) is 7.49. The van der Waals surface area contributed by atoms with Crippen molar-refractivity contribution >= 4 is 17.0 Å². The van der Waals surface area contributed by atoms with E-state index in [9.17, 15) is 0 Å². The maximum atomic E-state index is 5.42. The van der Waals surface area contributed by atoms with Gasteiger partial charge in [-0.3, -0.25) is 9.58 Å². The minimum atomic E-state index is 0.380. The molecular formula is C22H30N4OS+. The molecule has 0 spiro atoms. The topological polar surface area (TPSA) is 44.4 Å². The first-order valence-corrected chi connectivity index (χ1v) is 11.7. The highest BCUT2D eigenvalue weighted by molar-refractivity contribution is 7.13. The van der Waals surface area contributed by atoms with E-state index in [0.29, 0.717) is 6.04 Å². The Balaban J connectivity index is 1.23. The highest BCUT2D eigenvalue weighted by atomic mass is 32.1. The molecule has 28 heavy (non-hydrogen) atoms. The van der Waals surface area contributed by atoms with Crippen molar-refractivity contribution in [3.8, 4) is 10.4 Å². The van der Waals surface area contributed by atoms with E-state index in [1.807, 2.05) is 17.5 Å². The van der Waals surface area contributed by atoms with Gasteiger partial charge in [0.1, 0.15) is 0 Å². The summed E-state index contributed by atoms with van der Waals surface area (Å²) in [6.07, 6.45) is 12.1. The first-order valence-electron chi connectivity index (χ1n) is 10.8. The number of hydrogen-bond donors (Lipinski definition) is 0. The zero-order chi connectivity index (χ0) is 18.8. The summed E-state index contributed by atoms with van der Waals surface area (Å²) < 4.78 is 7.50. The number of nitrogens with zero attached hydrogens (tertiary/aromatic N) is 4. The van der Waals surface area contributed by atoms with Gasteiger partial charge in [0.25, 0.3) is 0 Å². The first-order chi connectivity index (χ1) is 13.8. The van der Waals surface area contributed by atoms with Gasteiger partial charge < -0.3 is 4.74 Å². The summed E-state index contributed by atoms with van der Waals surface area (Å²) in [6.45, 7) is 5.76. The van der Waals surface area contributed by atoms with Crippen LogP contribution in [-0.2, 0) is 11.3 Å². The Morgan fingerprint density at radius 1 is 1.14 bits per heavy atom. The molecule has 2 fully saturated rings. The third kappa shape index (κ3) is 4.09. The third-order valence-electron chi connectivity index (χ3n) is 6.49. The van der Waals surface area contributed by atoms with Crippen LogP contribution in [-0.4, -0.2) is 53.2 Å². The van der Waals surface area contributed by atoms with Gasteiger partial charge in [-0.05, 0) is 25.3 Å². The van der Waals surface area contributed by atoms with E-state index >= 15 is 0 Å². The molecule has 5 nitrogen and oxygen atoms in total. The molecule has 1 saturated heterocycles. The lowest BCUT2D eigenvalue weighted by atomic mass is 9.80. The molecule has 3 aliphatic rings. The van der Waals surface area contributed by atoms with Crippen molar-refractivity contribution < 1.29 is 4.74 Å². The summed E-state index contributed by atoms with van der Waals surface area (Å²) in [6, 6.07) is 2.73. The molecule has 0 aromatic carbocycles. The average Bonchev–Trinajstić information content (AvgIpc) is 3.42. The molecule has 2 aromatic rings. The van der Waals surface area contributed by atoms with Gasteiger partial charge in [0, 0.05) is 71.0 Å². The molecule has 1 aliphatic carbocycles. The lowest BCUT2D eigenvalue weighted by molar-refractivity contribution is 0.0360. The van der Waals surface area contributed by atoms with Gasteiger partial charge in [-0.25, -0.2) is 0 Å². The predicted octanol–water partition coefficient (Wildman–Crippen LogP) is 3.75. The fourth-order valence-electron chi connectivity index (χ4n) is 4.77. The number of thiophene rings is 1. The van der Waals surface area contributed by atoms with Crippen molar-refractivity contribution in [2.75, 3.05) is 32.8 Å². The number of ether oxygens (including phenoxy) is 1. The van der Waals surface area contributed by atoms with E-state index in [0.717, 1.165) is 45.3 Å². The molecule has 1 radical (unpaired) electrons. The van der Waals surface area contributed by atoms with Crippen LogP contribution in [0.2, 0.25) is 0 Å². The van der Waals surface area contributed by atoms with Crippen LogP contribution in [0.25, 0.3) is 10.4 Å². The van der Waals surface area contributed by atoms with Crippen LogP contribution in [0, 0.1) is 5.92 Å². The van der Waals surface area contributed by atoms with Crippen molar-refractivity contribution in [3.63, 3.8) is 0 Å². The molecule has 2 aliphatic heterocycles. The Bertz CT molecular complexity index is 820. The molecule has 1 saturated carbocycles. The monoisotopic (exact) mass is 398 g/mol. The van der Waals surface area contributed by atoms with E-state index in [2.05, 4.69) is 32.3 Å². The zero-order valence-electron chi connectivity index (χ0n) is 16.6. The molecule has 4 heterocycles. The van der Waals surface area contributed by atoms with Gasteiger partial charge in [-0.15, -0.1) is 11.3 Å². The smallest absolute Gasteiger partial charge is 0.245 e. The van der Waals surface area contributed by atoms with Gasteiger partial charge >= 0.3 is 0 Å². The lowest BCUT2D eigenvalue weighted by Crippen LogP contribution is -2.38. The number of hydrogen-bond acceptors (Lipinski definition) is 5. The molecule has 0 amide bonds. The van der Waals surface area contributed by atoms with Crippen LogP contribution in [0.5, 0.6) is 0 Å². The van der Waals surface area contributed by atoms with Crippen LogP contribution in [0.3, 0.4) is 0 Å². The Morgan fingerprint density at radius 2 is 2.07 bits per heavy atom. The number of aliphatic imine (C=N–C) groups is 1. The van der Waals surface area contributed by atoms with Crippen molar-refractivity contribution in [1.29, 1.82) is 0 Å². The Hall–Kier alpha value is -1.50. The number of aromatic nitrogens is 2. The van der Waals surface area contributed by atoms with Crippen LogP contribution in [0.4, 0.5) is 0 Å². The van der Waals surface area contributed by atoms with Gasteiger partial charge in [-0.1, -0.05) is 6.42 Å². The number of rotatable bonds is 5. The van der Waals surface area contributed by atoms with Crippen LogP contribution >= 0.6 is 11.3 Å². The normalized spacial score (nSPS) is 26.1. The Morgan fingerprint density at radius 3 is 3.00 bits per heavy atom. The highest BCUT2D eigenvalue weighted by Crippen LogP contribution is 2.36. The second-order valence-corrected chi connectivity index (χ2v) is 9.26. The molecule has 2 atom stereocenters.